The molecule has 2 N–H and O–H groups in total. The summed E-state index contributed by atoms with van der Waals surface area (Å²) in [6, 6.07) is 9.09. The quantitative estimate of drug-likeness (QED) is 0.305. The number of piperidine rings is 1. The molecule has 1 fully saturated rings. The van der Waals surface area contributed by atoms with Gasteiger partial charge in [-0.2, -0.15) is 13.2 Å². The molecule has 0 aliphatic carbocycles. The molecule has 216 valence electrons. The summed E-state index contributed by atoms with van der Waals surface area (Å²) >= 11 is 0. The molecule has 0 saturated carbocycles. The molecule has 4 rings (SSSR count). The number of hydrogen-bond acceptors (Lipinski definition) is 10. The van der Waals surface area contributed by atoms with Crippen LogP contribution in [0.1, 0.15) is 35.7 Å². The molecular weight excluding hydrogens is 545 g/mol. The first kappa shape index (κ1) is 29.4. The standard InChI is InChI=1S/C27H27F3N6O5/c1-16(37)41-23(38)15-36-11-9-20(10-12-36)33-25(39)17-3-6-19(7-4-17)34-26-32-14-21(27(28,29)30)24(35-26)18-5-8-22(40-2)31-13-18/h3-8,13-14,20H,9-12,15H2,1-2H3,(H,33,39)(H,32,34,35). The van der Waals surface area contributed by atoms with Gasteiger partial charge in [-0.3, -0.25) is 19.3 Å². The van der Waals surface area contributed by atoms with Crippen molar-refractivity contribution in [3.63, 3.8) is 0 Å². The van der Waals surface area contributed by atoms with Gasteiger partial charge in [0, 0.05) is 61.3 Å². The number of nitrogens with zero attached hydrogens (tertiary/aromatic N) is 4. The summed E-state index contributed by atoms with van der Waals surface area (Å²) in [5, 5.41) is 5.83. The number of carbonyl (C=O) groups is 3. The number of anilines is 2. The molecule has 2 aromatic heterocycles. The van der Waals surface area contributed by atoms with Crippen molar-refractivity contribution in [2.75, 3.05) is 32.1 Å². The Morgan fingerprint density at radius 3 is 2.32 bits per heavy atom. The van der Waals surface area contributed by atoms with Gasteiger partial charge in [0.2, 0.25) is 11.8 Å². The molecule has 11 nitrogen and oxygen atoms in total. The topological polar surface area (TPSA) is 136 Å². The number of aromatic nitrogens is 3. The van der Waals surface area contributed by atoms with Gasteiger partial charge in [0.05, 0.1) is 19.3 Å². The second kappa shape index (κ2) is 12.7. The van der Waals surface area contributed by atoms with Crippen molar-refractivity contribution in [3.05, 3.63) is 59.9 Å². The molecule has 1 aliphatic heterocycles. The van der Waals surface area contributed by atoms with Crippen LogP contribution >= 0.6 is 0 Å². The summed E-state index contributed by atoms with van der Waals surface area (Å²) in [6.07, 6.45) is -1.50. The minimum Gasteiger partial charge on any atom is -0.481 e. The predicted molar refractivity (Wildman–Crippen MR) is 140 cm³/mol. The second-order valence-electron chi connectivity index (χ2n) is 9.23. The first-order chi connectivity index (χ1) is 19.5. The van der Waals surface area contributed by atoms with Gasteiger partial charge in [-0.1, -0.05) is 0 Å². The fourth-order valence-corrected chi connectivity index (χ4v) is 4.22. The average Bonchev–Trinajstić information content (AvgIpc) is 2.93. The van der Waals surface area contributed by atoms with Gasteiger partial charge in [0.25, 0.3) is 5.91 Å². The van der Waals surface area contributed by atoms with Crippen molar-refractivity contribution in [1.82, 2.24) is 25.2 Å². The van der Waals surface area contributed by atoms with Crippen LogP contribution in [0.3, 0.4) is 0 Å². The summed E-state index contributed by atoms with van der Waals surface area (Å²) in [5.41, 5.74) is -0.364. The van der Waals surface area contributed by atoms with E-state index >= 15 is 0 Å². The molecule has 41 heavy (non-hydrogen) atoms. The number of esters is 2. The normalized spacial score (nSPS) is 14.3. The first-order valence-corrected chi connectivity index (χ1v) is 12.6. The Balaban J connectivity index is 1.37. The highest BCUT2D eigenvalue weighted by atomic mass is 19.4. The van der Waals surface area contributed by atoms with E-state index in [9.17, 15) is 27.6 Å². The summed E-state index contributed by atoms with van der Waals surface area (Å²) in [7, 11) is 1.40. The van der Waals surface area contributed by atoms with Crippen LogP contribution in [0.4, 0.5) is 24.8 Å². The summed E-state index contributed by atoms with van der Waals surface area (Å²) in [4.78, 5) is 49.0. The van der Waals surface area contributed by atoms with E-state index < -0.39 is 23.7 Å². The maximum atomic E-state index is 13.6. The van der Waals surface area contributed by atoms with E-state index in [4.69, 9.17) is 4.74 Å². The number of pyridine rings is 1. The lowest BCUT2D eigenvalue weighted by molar-refractivity contribution is -0.159. The van der Waals surface area contributed by atoms with Crippen LogP contribution in [0.15, 0.2) is 48.8 Å². The molecule has 0 radical (unpaired) electrons. The predicted octanol–water partition coefficient (Wildman–Crippen LogP) is 3.59. The van der Waals surface area contributed by atoms with Gasteiger partial charge in [0.15, 0.2) is 0 Å². The van der Waals surface area contributed by atoms with Gasteiger partial charge in [-0.25, -0.2) is 15.0 Å². The molecule has 1 aromatic carbocycles. The Kier molecular flexibility index (Phi) is 9.12. The molecule has 1 aliphatic rings. The summed E-state index contributed by atoms with van der Waals surface area (Å²) < 4.78 is 50.4. The monoisotopic (exact) mass is 572 g/mol. The highest BCUT2D eigenvalue weighted by molar-refractivity contribution is 5.94. The Morgan fingerprint density at radius 1 is 1.02 bits per heavy atom. The number of carbonyl (C=O) groups excluding carboxylic acids is 3. The van der Waals surface area contributed by atoms with Crippen LogP contribution in [-0.4, -0.2) is 70.5 Å². The molecule has 0 atom stereocenters. The molecular formula is C27H27F3N6O5. The Hall–Kier alpha value is -4.59. The van der Waals surface area contributed by atoms with Gasteiger partial charge < -0.3 is 20.1 Å². The van der Waals surface area contributed by atoms with E-state index in [0.717, 1.165) is 0 Å². The van der Waals surface area contributed by atoms with Gasteiger partial charge >= 0.3 is 18.1 Å². The van der Waals surface area contributed by atoms with Crippen LogP contribution in [0.5, 0.6) is 5.88 Å². The molecule has 3 heterocycles. The van der Waals surface area contributed by atoms with Crippen LogP contribution in [0.25, 0.3) is 11.3 Å². The number of halogens is 3. The van der Waals surface area contributed by atoms with Crippen molar-refractivity contribution in [2.24, 2.45) is 0 Å². The number of likely N-dealkylation sites (tertiary alicyclic amines) is 1. The highest BCUT2D eigenvalue weighted by Gasteiger charge is 2.35. The lowest BCUT2D eigenvalue weighted by Gasteiger charge is -2.31. The average molecular weight is 573 g/mol. The number of rotatable bonds is 8. The number of benzene rings is 1. The van der Waals surface area contributed by atoms with Crippen LogP contribution in [0, 0.1) is 0 Å². The highest BCUT2D eigenvalue weighted by Crippen LogP contribution is 2.36. The molecule has 0 spiro atoms. The Bertz CT molecular complexity index is 1390. The number of hydrogen-bond donors (Lipinski definition) is 2. The number of ether oxygens (including phenoxy) is 2. The smallest absolute Gasteiger partial charge is 0.419 e. The van der Waals surface area contributed by atoms with E-state index in [1.54, 1.807) is 24.3 Å². The van der Waals surface area contributed by atoms with Gasteiger partial charge in [-0.15, -0.1) is 0 Å². The van der Waals surface area contributed by atoms with E-state index in [1.165, 1.54) is 32.4 Å². The lowest BCUT2D eigenvalue weighted by Crippen LogP contribution is -2.46. The second-order valence-corrected chi connectivity index (χ2v) is 9.23. The third kappa shape index (κ3) is 7.97. The number of methoxy groups -OCH3 is 1. The minimum atomic E-state index is -4.68. The fourth-order valence-electron chi connectivity index (χ4n) is 4.22. The molecule has 0 unspecified atom stereocenters. The van der Waals surface area contributed by atoms with Crippen LogP contribution in [0.2, 0.25) is 0 Å². The van der Waals surface area contributed by atoms with Gasteiger partial charge in [0.1, 0.15) is 5.56 Å². The number of nitrogens with one attached hydrogen (secondary N) is 2. The third-order valence-corrected chi connectivity index (χ3v) is 6.25. The Morgan fingerprint density at radius 2 is 1.73 bits per heavy atom. The zero-order chi connectivity index (χ0) is 29.6. The number of amides is 1. The van der Waals surface area contributed by atoms with E-state index in [0.29, 0.717) is 43.4 Å². The number of alkyl halides is 3. The SMILES string of the molecule is COc1ccc(-c2nc(Nc3ccc(C(=O)NC4CCN(CC(=O)OC(C)=O)CC4)cc3)ncc2C(F)(F)F)cn1. The molecule has 3 aromatic rings. The zero-order valence-electron chi connectivity index (χ0n) is 22.2. The summed E-state index contributed by atoms with van der Waals surface area (Å²) in [6.45, 7) is 2.29. The van der Waals surface area contributed by atoms with Crippen molar-refractivity contribution in [1.29, 1.82) is 0 Å². The largest absolute Gasteiger partial charge is 0.481 e. The zero-order valence-corrected chi connectivity index (χ0v) is 22.2. The van der Waals surface area contributed by atoms with E-state index in [-0.39, 0.29) is 41.6 Å². The van der Waals surface area contributed by atoms with Crippen molar-refractivity contribution in [2.45, 2.75) is 32.0 Å². The van der Waals surface area contributed by atoms with E-state index in [2.05, 4.69) is 30.3 Å². The van der Waals surface area contributed by atoms with Crippen LogP contribution in [-0.2, 0) is 20.5 Å². The minimum absolute atomic E-state index is 0.00976. The molecule has 0 bridgehead atoms. The third-order valence-electron chi connectivity index (χ3n) is 6.25. The lowest BCUT2D eigenvalue weighted by atomic mass is 10.0. The van der Waals surface area contributed by atoms with Crippen molar-refractivity contribution in [3.8, 4) is 17.1 Å². The summed E-state index contributed by atoms with van der Waals surface area (Å²) in [5.74, 6) is -1.37. The maximum absolute atomic E-state index is 13.6. The van der Waals surface area contributed by atoms with Gasteiger partial charge in [-0.05, 0) is 43.2 Å². The van der Waals surface area contributed by atoms with Crippen molar-refractivity contribution < 1.29 is 37.0 Å². The first-order valence-electron chi connectivity index (χ1n) is 12.6. The van der Waals surface area contributed by atoms with Crippen molar-refractivity contribution >= 4 is 29.5 Å². The molecule has 1 saturated heterocycles. The Labute approximate surface area is 233 Å². The maximum Gasteiger partial charge on any atom is 0.419 e. The van der Waals surface area contributed by atoms with E-state index in [1.807, 2.05) is 4.90 Å². The molecule has 1 amide bonds. The van der Waals surface area contributed by atoms with Crippen LogP contribution < -0.4 is 15.4 Å². The molecule has 14 heteroatoms. The fraction of sp³-hybridized carbons (Fsp3) is 0.333.